The number of hydrogen-bond acceptors (Lipinski definition) is 8. The Labute approximate surface area is 209 Å². The summed E-state index contributed by atoms with van der Waals surface area (Å²) >= 11 is 9.05. The number of ether oxygens (including phenoxy) is 1. The molecule has 8 nitrogen and oxygen atoms in total. The molecule has 2 atom stereocenters. The molecular formula is C23H22ClN5O3S2. The van der Waals surface area contributed by atoms with Crippen molar-refractivity contribution >= 4 is 40.6 Å². The van der Waals surface area contributed by atoms with Crippen LogP contribution in [0.3, 0.4) is 0 Å². The number of morpholine rings is 1. The Bertz CT molecular complexity index is 1260. The van der Waals surface area contributed by atoms with Crippen molar-refractivity contribution in [3.05, 3.63) is 63.8 Å². The molecule has 0 saturated carbocycles. The van der Waals surface area contributed by atoms with E-state index in [4.69, 9.17) is 20.8 Å². The maximum Gasteiger partial charge on any atom is 0.273 e. The fraction of sp³-hybridized carbons (Fsp3) is 0.304. The van der Waals surface area contributed by atoms with Crippen molar-refractivity contribution in [3.63, 3.8) is 0 Å². The number of thiazole rings is 1. The first kappa shape index (κ1) is 23.1. The molecule has 0 aliphatic carbocycles. The largest absolute Gasteiger partial charge is 0.461 e. The first-order valence-electron chi connectivity index (χ1n) is 10.7. The van der Waals surface area contributed by atoms with Gasteiger partial charge in [0, 0.05) is 29.2 Å². The third kappa shape index (κ3) is 4.90. The average molecular weight is 516 g/mol. The predicted molar refractivity (Wildman–Crippen MR) is 132 cm³/mol. The first-order chi connectivity index (χ1) is 16.5. The number of amides is 1. The van der Waals surface area contributed by atoms with E-state index >= 15 is 0 Å². The summed E-state index contributed by atoms with van der Waals surface area (Å²) < 4.78 is 13.2. The molecule has 11 heteroatoms. The van der Waals surface area contributed by atoms with Gasteiger partial charge in [0.1, 0.15) is 10.7 Å². The first-order valence-corrected chi connectivity index (χ1v) is 13.0. The third-order valence-electron chi connectivity index (χ3n) is 5.26. The maximum atomic E-state index is 12.9. The highest BCUT2D eigenvalue weighted by molar-refractivity contribution is 7.98. The molecule has 2 unspecified atom stereocenters. The quantitative estimate of drug-likeness (QED) is 0.327. The van der Waals surface area contributed by atoms with Gasteiger partial charge in [-0.15, -0.1) is 21.5 Å². The number of benzene rings is 1. The van der Waals surface area contributed by atoms with E-state index in [1.165, 1.54) is 23.1 Å². The molecule has 1 fully saturated rings. The average Bonchev–Trinajstić information content (AvgIpc) is 3.57. The van der Waals surface area contributed by atoms with Crippen LogP contribution in [0.15, 0.2) is 57.6 Å². The number of aromatic nitrogens is 4. The number of carbonyl (C=O) groups is 1. The number of rotatable bonds is 6. The molecule has 1 aliphatic rings. The van der Waals surface area contributed by atoms with Gasteiger partial charge in [0.15, 0.2) is 10.9 Å². The van der Waals surface area contributed by atoms with Crippen LogP contribution in [0.5, 0.6) is 0 Å². The van der Waals surface area contributed by atoms with Gasteiger partial charge in [-0.25, -0.2) is 4.98 Å². The molecule has 4 aromatic rings. The van der Waals surface area contributed by atoms with Crippen LogP contribution in [0.1, 0.15) is 29.3 Å². The van der Waals surface area contributed by atoms with Crippen LogP contribution in [0, 0.1) is 0 Å². The fourth-order valence-corrected chi connectivity index (χ4v) is 5.72. The molecule has 176 valence electrons. The Hall–Kier alpha value is -2.66. The van der Waals surface area contributed by atoms with Gasteiger partial charge in [0.05, 0.1) is 24.2 Å². The van der Waals surface area contributed by atoms with Crippen LogP contribution in [0.25, 0.3) is 17.3 Å². The summed E-state index contributed by atoms with van der Waals surface area (Å²) in [5.41, 5.74) is 1.34. The van der Waals surface area contributed by atoms with E-state index in [9.17, 15) is 4.79 Å². The normalized spacial score (nSPS) is 18.4. The number of halogens is 1. The molecule has 34 heavy (non-hydrogen) atoms. The smallest absolute Gasteiger partial charge is 0.273 e. The summed E-state index contributed by atoms with van der Waals surface area (Å²) in [6.07, 6.45) is 1.64. The van der Waals surface area contributed by atoms with Crippen molar-refractivity contribution < 1.29 is 13.9 Å². The van der Waals surface area contributed by atoms with Gasteiger partial charge in [-0.1, -0.05) is 23.4 Å². The van der Waals surface area contributed by atoms with E-state index in [-0.39, 0.29) is 18.1 Å². The second-order valence-electron chi connectivity index (χ2n) is 7.98. The standard InChI is InChI=1S/C23H22ClN5O3S2/c1-14-10-28(11-15(2)32-14)22(30)18-12-33-20(25-18)13-34-23-27-26-21(19-4-3-9-31-19)29(23)17-7-5-16(24)6-8-17/h3-9,12,14-15H,10-11,13H2,1-2H3. The van der Waals surface area contributed by atoms with Gasteiger partial charge in [-0.3, -0.25) is 9.36 Å². The molecule has 5 rings (SSSR count). The third-order valence-corrected chi connectivity index (χ3v) is 7.49. The van der Waals surface area contributed by atoms with E-state index < -0.39 is 0 Å². The van der Waals surface area contributed by atoms with Crippen molar-refractivity contribution in [3.8, 4) is 17.3 Å². The van der Waals surface area contributed by atoms with Crippen LogP contribution < -0.4 is 0 Å². The highest BCUT2D eigenvalue weighted by Crippen LogP contribution is 2.31. The Morgan fingerprint density at radius 1 is 1.18 bits per heavy atom. The monoisotopic (exact) mass is 515 g/mol. The van der Waals surface area contributed by atoms with Crippen molar-refractivity contribution in [1.29, 1.82) is 0 Å². The molecule has 0 bridgehead atoms. The summed E-state index contributed by atoms with van der Waals surface area (Å²) in [7, 11) is 0. The Morgan fingerprint density at radius 3 is 2.65 bits per heavy atom. The lowest BCUT2D eigenvalue weighted by atomic mass is 10.2. The zero-order valence-electron chi connectivity index (χ0n) is 18.6. The highest BCUT2D eigenvalue weighted by Gasteiger charge is 2.28. The van der Waals surface area contributed by atoms with Gasteiger partial charge in [0.25, 0.3) is 5.91 Å². The van der Waals surface area contributed by atoms with Crippen LogP contribution in [-0.2, 0) is 10.5 Å². The van der Waals surface area contributed by atoms with Crippen molar-refractivity contribution in [2.45, 2.75) is 37.0 Å². The zero-order valence-corrected chi connectivity index (χ0v) is 20.9. The van der Waals surface area contributed by atoms with Gasteiger partial charge < -0.3 is 14.1 Å². The lowest BCUT2D eigenvalue weighted by molar-refractivity contribution is -0.0587. The maximum absolute atomic E-state index is 12.9. The lowest BCUT2D eigenvalue weighted by Gasteiger charge is -2.34. The van der Waals surface area contributed by atoms with Gasteiger partial charge >= 0.3 is 0 Å². The highest BCUT2D eigenvalue weighted by atomic mass is 35.5. The molecule has 1 amide bonds. The zero-order chi connectivity index (χ0) is 23.7. The summed E-state index contributed by atoms with van der Waals surface area (Å²) in [5.74, 6) is 1.71. The van der Waals surface area contributed by atoms with Crippen LogP contribution >= 0.6 is 34.7 Å². The number of nitrogens with zero attached hydrogens (tertiary/aromatic N) is 5. The summed E-state index contributed by atoms with van der Waals surface area (Å²) in [4.78, 5) is 19.4. The fourth-order valence-electron chi connectivity index (χ4n) is 3.86. The number of carbonyl (C=O) groups excluding carboxylic acids is 1. The van der Waals surface area contributed by atoms with Crippen molar-refractivity contribution in [2.24, 2.45) is 0 Å². The molecule has 1 aliphatic heterocycles. The second-order valence-corrected chi connectivity index (χ2v) is 10.3. The topological polar surface area (TPSA) is 86.3 Å². The molecule has 3 aromatic heterocycles. The predicted octanol–water partition coefficient (Wildman–Crippen LogP) is 5.18. The Balaban J connectivity index is 1.34. The molecule has 0 radical (unpaired) electrons. The van der Waals surface area contributed by atoms with Gasteiger partial charge in [-0.2, -0.15) is 0 Å². The van der Waals surface area contributed by atoms with Crippen molar-refractivity contribution in [2.75, 3.05) is 13.1 Å². The molecule has 1 aromatic carbocycles. The number of thioether (sulfide) groups is 1. The minimum atomic E-state index is -0.0565. The van der Waals surface area contributed by atoms with E-state index in [0.717, 1.165) is 10.7 Å². The van der Waals surface area contributed by atoms with Crippen molar-refractivity contribution in [1.82, 2.24) is 24.6 Å². The molecular weight excluding hydrogens is 494 g/mol. The summed E-state index contributed by atoms with van der Waals surface area (Å²) in [5, 5.41) is 12.7. The van der Waals surface area contributed by atoms with E-state index in [1.807, 2.05) is 65.1 Å². The molecule has 0 spiro atoms. The van der Waals surface area contributed by atoms with Crippen LogP contribution in [-0.4, -0.2) is 55.9 Å². The number of hydrogen-bond donors (Lipinski definition) is 0. The SMILES string of the molecule is CC1CN(C(=O)c2csc(CSc3nnc(-c4ccco4)n3-c3ccc(Cl)cc3)n2)CC(C)O1. The summed E-state index contributed by atoms with van der Waals surface area (Å²) in [6.45, 7) is 5.11. The van der Waals surface area contributed by atoms with Gasteiger partial charge in [0.2, 0.25) is 5.82 Å². The van der Waals surface area contributed by atoms with Crippen LogP contribution in [0.4, 0.5) is 0 Å². The molecule has 1 saturated heterocycles. The van der Waals surface area contributed by atoms with Crippen LogP contribution in [0.2, 0.25) is 5.02 Å². The Morgan fingerprint density at radius 2 is 1.94 bits per heavy atom. The Kier molecular flexibility index (Phi) is 6.73. The van der Waals surface area contributed by atoms with E-state index in [0.29, 0.717) is 46.3 Å². The minimum Gasteiger partial charge on any atom is -0.461 e. The second kappa shape index (κ2) is 9.91. The molecule has 0 N–H and O–H groups in total. The minimum absolute atomic E-state index is 0.0175. The lowest BCUT2D eigenvalue weighted by Crippen LogP contribution is -2.48. The van der Waals surface area contributed by atoms with E-state index in [1.54, 1.807) is 6.26 Å². The number of furan rings is 1. The molecule has 4 heterocycles. The van der Waals surface area contributed by atoms with E-state index in [2.05, 4.69) is 15.2 Å². The van der Waals surface area contributed by atoms with Gasteiger partial charge in [-0.05, 0) is 50.2 Å². The summed E-state index contributed by atoms with van der Waals surface area (Å²) in [6, 6.07) is 11.1.